The van der Waals surface area contributed by atoms with E-state index >= 15 is 0 Å². The van der Waals surface area contributed by atoms with Crippen LogP contribution in [0.1, 0.15) is 30.7 Å². The Morgan fingerprint density at radius 3 is 2.65 bits per heavy atom. The van der Waals surface area contributed by atoms with Crippen molar-refractivity contribution in [2.24, 2.45) is 11.3 Å². The van der Waals surface area contributed by atoms with Gasteiger partial charge in [-0.1, -0.05) is 0 Å². The third-order valence-electron chi connectivity index (χ3n) is 5.36. The molecule has 108 valence electrons. The van der Waals surface area contributed by atoms with Gasteiger partial charge in [-0.2, -0.15) is 15.4 Å². The zero-order chi connectivity index (χ0) is 13.6. The Hall–Kier alpha value is -1.43. The minimum atomic E-state index is 0.112. The van der Waals surface area contributed by atoms with Gasteiger partial charge in [-0.15, -0.1) is 0 Å². The van der Waals surface area contributed by atoms with Gasteiger partial charge in [0.1, 0.15) is 0 Å². The van der Waals surface area contributed by atoms with Crippen molar-refractivity contribution < 1.29 is 4.79 Å². The van der Waals surface area contributed by atoms with Crippen molar-refractivity contribution in [3.05, 3.63) is 11.4 Å². The van der Waals surface area contributed by atoms with Crippen LogP contribution >= 0.6 is 0 Å². The third-order valence-corrected chi connectivity index (χ3v) is 5.36. The summed E-state index contributed by atoms with van der Waals surface area (Å²) in [5.74, 6) is 0.446. The molecular formula is C14H21N5O. The Balaban J connectivity index is 1.39. The number of fused-ring (bicyclic) bond motifs is 1. The molecule has 0 bridgehead atoms. The molecule has 6 heteroatoms. The number of aryl methyl sites for hydroxylation is 1. The van der Waals surface area contributed by atoms with Crippen LogP contribution in [0.4, 0.5) is 0 Å². The molecule has 2 saturated heterocycles. The Morgan fingerprint density at radius 2 is 1.95 bits per heavy atom. The molecule has 1 aromatic heterocycles. The lowest BCUT2D eigenvalue weighted by atomic mass is 9.73. The average Bonchev–Trinajstić information content (AvgIpc) is 2.92. The average molecular weight is 275 g/mol. The Bertz CT molecular complexity index is 511. The second kappa shape index (κ2) is 4.55. The van der Waals surface area contributed by atoms with Gasteiger partial charge < -0.3 is 10.2 Å². The first-order valence-electron chi connectivity index (χ1n) is 7.64. The first-order chi connectivity index (χ1) is 9.76. The van der Waals surface area contributed by atoms with Crippen molar-refractivity contribution in [3.63, 3.8) is 0 Å². The standard InChI is InChI=1S/C14H21N5O/c20-13(10-1-2-11-12(7-10)17-18-16-11)19-5-3-14(4-6-19)8-15-9-14/h10,15H,1-9H2,(H,16,17,18). The van der Waals surface area contributed by atoms with Gasteiger partial charge in [-0.05, 0) is 31.1 Å². The number of nitrogens with zero attached hydrogens (tertiary/aromatic N) is 3. The van der Waals surface area contributed by atoms with Crippen molar-refractivity contribution in [3.8, 4) is 0 Å². The van der Waals surface area contributed by atoms with Gasteiger partial charge in [0.05, 0.1) is 11.4 Å². The van der Waals surface area contributed by atoms with Crippen molar-refractivity contribution in [2.45, 2.75) is 32.1 Å². The van der Waals surface area contributed by atoms with Crippen molar-refractivity contribution in [1.82, 2.24) is 25.6 Å². The fraction of sp³-hybridized carbons (Fsp3) is 0.786. The maximum Gasteiger partial charge on any atom is 0.226 e. The Labute approximate surface area is 118 Å². The quantitative estimate of drug-likeness (QED) is 0.763. The Kier molecular flexibility index (Phi) is 2.80. The number of H-pyrrole nitrogens is 1. The van der Waals surface area contributed by atoms with Gasteiger partial charge in [0.15, 0.2) is 0 Å². The van der Waals surface area contributed by atoms with Crippen LogP contribution in [-0.4, -0.2) is 52.4 Å². The van der Waals surface area contributed by atoms with E-state index in [1.807, 2.05) is 0 Å². The fourth-order valence-electron chi connectivity index (χ4n) is 3.79. The van der Waals surface area contributed by atoms with E-state index in [0.717, 1.165) is 69.7 Å². The highest BCUT2D eigenvalue weighted by atomic mass is 16.2. The molecule has 0 radical (unpaired) electrons. The molecule has 6 nitrogen and oxygen atoms in total. The highest BCUT2D eigenvalue weighted by molar-refractivity contribution is 5.79. The molecule has 3 aliphatic rings. The number of nitrogens with one attached hydrogen (secondary N) is 2. The molecule has 2 aliphatic heterocycles. The topological polar surface area (TPSA) is 73.9 Å². The molecule has 1 unspecified atom stereocenters. The van der Waals surface area contributed by atoms with Crippen LogP contribution in [-0.2, 0) is 17.6 Å². The van der Waals surface area contributed by atoms with E-state index in [1.54, 1.807) is 0 Å². The summed E-state index contributed by atoms with van der Waals surface area (Å²) >= 11 is 0. The first kappa shape index (κ1) is 12.3. The Morgan fingerprint density at radius 1 is 1.20 bits per heavy atom. The second-order valence-corrected chi connectivity index (χ2v) is 6.59. The van der Waals surface area contributed by atoms with Crippen LogP contribution in [0.25, 0.3) is 0 Å². The van der Waals surface area contributed by atoms with Gasteiger partial charge in [0.25, 0.3) is 0 Å². The van der Waals surface area contributed by atoms with Crippen LogP contribution in [0.3, 0.4) is 0 Å². The maximum atomic E-state index is 12.7. The maximum absolute atomic E-state index is 12.7. The van der Waals surface area contributed by atoms with Gasteiger partial charge in [-0.3, -0.25) is 4.79 Å². The molecule has 0 aromatic carbocycles. The van der Waals surface area contributed by atoms with E-state index in [2.05, 4.69) is 25.6 Å². The minimum Gasteiger partial charge on any atom is -0.342 e. The number of amides is 1. The summed E-state index contributed by atoms with van der Waals surface area (Å²) in [5, 5.41) is 14.3. The zero-order valence-electron chi connectivity index (χ0n) is 11.7. The zero-order valence-corrected chi connectivity index (χ0v) is 11.7. The minimum absolute atomic E-state index is 0.112. The molecule has 20 heavy (non-hydrogen) atoms. The van der Waals surface area contributed by atoms with Crippen molar-refractivity contribution >= 4 is 5.91 Å². The number of hydrogen-bond acceptors (Lipinski definition) is 4. The van der Waals surface area contributed by atoms with Crippen LogP contribution in [0.2, 0.25) is 0 Å². The second-order valence-electron chi connectivity index (χ2n) is 6.59. The molecule has 1 atom stereocenters. The number of carbonyl (C=O) groups is 1. The number of likely N-dealkylation sites (tertiary alicyclic amines) is 1. The largest absolute Gasteiger partial charge is 0.342 e. The van der Waals surface area contributed by atoms with Gasteiger partial charge in [0, 0.05) is 38.5 Å². The smallest absolute Gasteiger partial charge is 0.226 e. The summed E-state index contributed by atoms with van der Waals surface area (Å²) < 4.78 is 0. The summed E-state index contributed by atoms with van der Waals surface area (Å²) in [6, 6.07) is 0. The molecule has 1 aliphatic carbocycles. The van der Waals surface area contributed by atoms with Crippen molar-refractivity contribution in [1.29, 1.82) is 0 Å². The van der Waals surface area contributed by atoms with E-state index in [9.17, 15) is 4.79 Å². The van der Waals surface area contributed by atoms with Crippen LogP contribution in [0.15, 0.2) is 0 Å². The molecule has 1 spiro atoms. The summed E-state index contributed by atoms with van der Waals surface area (Å²) in [5.41, 5.74) is 2.54. The molecule has 0 saturated carbocycles. The van der Waals surface area contributed by atoms with E-state index in [-0.39, 0.29) is 5.92 Å². The molecule has 3 heterocycles. The highest BCUT2D eigenvalue weighted by Crippen LogP contribution is 2.36. The predicted octanol–water partition coefficient (Wildman–Crippen LogP) is 0.122. The molecule has 2 fully saturated rings. The molecular weight excluding hydrogens is 254 g/mol. The number of hydrogen-bond donors (Lipinski definition) is 2. The third kappa shape index (κ3) is 1.93. The summed E-state index contributed by atoms with van der Waals surface area (Å²) in [7, 11) is 0. The number of piperidine rings is 1. The van der Waals surface area contributed by atoms with E-state index in [0.29, 0.717) is 11.3 Å². The summed E-state index contributed by atoms with van der Waals surface area (Å²) in [4.78, 5) is 14.7. The van der Waals surface area contributed by atoms with Crippen LogP contribution < -0.4 is 5.32 Å². The van der Waals surface area contributed by atoms with Crippen molar-refractivity contribution in [2.75, 3.05) is 26.2 Å². The van der Waals surface area contributed by atoms with Crippen LogP contribution in [0.5, 0.6) is 0 Å². The lowest BCUT2D eigenvalue weighted by Gasteiger charge is -2.48. The van der Waals surface area contributed by atoms with Gasteiger partial charge in [-0.25, -0.2) is 0 Å². The monoisotopic (exact) mass is 275 g/mol. The summed E-state index contributed by atoms with van der Waals surface area (Å²) in [6.45, 7) is 4.15. The van der Waals surface area contributed by atoms with Gasteiger partial charge in [0.2, 0.25) is 5.91 Å². The lowest BCUT2D eigenvalue weighted by molar-refractivity contribution is -0.138. The van der Waals surface area contributed by atoms with Crippen LogP contribution in [0, 0.1) is 11.3 Å². The van der Waals surface area contributed by atoms with E-state index in [4.69, 9.17) is 0 Å². The lowest BCUT2D eigenvalue weighted by Crippen LogP contribution is -2.59. The molecule has 1 amide bonds. The van der Waals surface area contributed by atoms with Gasteiger partial charge >= 0.3 is 0 Å². The molecule has 2 N–H and O–H groups in total. The number of aromatic amines is 1. The number of aromatic nitrogens is 3. The predicted molar refractivity (Wildman–Crippen MR) is 73.0 cm³/mol. The first-order valence-corrected chi connectivity index (χ1v) is 7.64. The SMILES string of the molecule is O=C(C1CCc2n[nH]nc2C1)N1CCC2(CC1)CNC2. The number of carbonyl (C=O) groups excluding carboxylic acids is 1. The highest BCUT2D eigenvalue weighted by Gasteiger charge is 2.41. The number of rotatable bonds is 1. The van der Waals surface area contributed by atoms with E-state index < -0.39 is 0 Å². The van der Waals surface area contributed by atoms with E-state index in [1.165, 1.54) is 0 Å². The fourth-order valence-corrected chi connectivity index (χ4v) is 3.79. The molecule has 4 rings (SSSR count). The molecule has 1 aromatic rings. The summed E-state index contributed by atoms with van der Waals surface area (Å²) in [6.07, 6.45) is 4.88. The normalized spacial score (nSPS) is 28.0.